The predicted molar refractivity (Wildman–Crippen MR) is 104 cm³/mol. The summed E-state index contributed by atoms with van der Waals surface area (Å²) < 4.78 is 17.5. The number of hydrogen-bond donors (Lipinski definition) is 3. The first kappa shape index (κ1) is 23.4. The Bertz CT molecular complexity index is 682. The van der Waals surface area contributed by atoms with Crippen LogP contribution >= 0.6 is 11.8 Å². The van der Waals surface area contributed by atoms with E-state index in [1.54, 1.807) is 0 Å². The number of anilines is 1. The Morgan fingerprint density at radius 2 is 1.75 bits per heavy atom. The minimum atomic E-state index is -0.741. The lowest BCUT2D eigenvalue weighted by atomic mass is 10.1. The van der Waals surface area contributed by atoms with Crippen LogP contribution in [0.3, 0.4) is 0 Å². The van der Waals surface area contributed by atoms with E-state index in [4.69, 9.17) is 4.74 Å². The standard InChI is InChI=1S/C18H24FN3O5S/c1-12(2)7-8-20-18(26)22-15(23)9-27-17(25)11-28-10-16(24)21-14-5-3-13(19)4-6-14/h3-6,12H,7-11H2,1-2H3,(H,21,24)(H2,20,22,23,26). The molecule has 0 spiro atoms. The summed E-state index contributed by atoms with van der Waals surface area (Å²) in [6.07, 6.45) is 0.780. The lowest BCUT2D eigenvalue weighted by molar-refractivity contribution is -0.145. The predicted octanol–water partition coefficient (Wildman–Crippen LogP) is 1.91. The van der Waals surface area contributed by atoms with Gasteiger partial charge in [-0.25, -0.2) is 9.18 Å². The number of carbonyl (C=O) groups excluding carboxylic acids is 4. The van der Waals surface area contributed by atoms with Crippen molar-refractivity contribution in [3.63, 3.8) is 0 Å². The molecule has 0 bridgehead atoms. The summed E-state index contributed by atoms with van der Waals surface area (Å²) in [7, 11) is 0. The second-order valence-corrected chi connectivity index (χ2v) is 7.18. The van der Waals surface area contributed by atoms with Gasteiger partial charge in [0, 0.05) is 12.2 Å². The van der Waals surface area contributed by atoms with Crippen LogP contribution < -0.4 is 16.0 Å². The first-order chi connectivity index (χ1) is 13.3. The van der Waals surface area contributed by atoms with Gasteiger partial charge in [0.1, 0.15) is 5.82 Å². The molecule has 10 heteroatoms. The second-order valence-electron chi connectivity index (χ2n) is 6.20. The third kappa shape index (κ3) is 11.2. The van der Waals surface area contributed by atoms with E-state index in [-0.39, 0.29) is 17.4 Å². The molecule has 8 nitrogen and oxygen atoms in total. The molecule has 0 atom stereocenters. The fraction of sp³-hybridized carbons (Fsp3) is 0.444. The molecule has 28 heavy (non-hydrogen) atoms. The number of ether oxygens (including phenoxy) is 1. The number of esters is 1. The highest BCUT2D eigenvalue weighted by molar-refractivity contribution is 8.00. The smallest absolute Gasteiger partial charge is 0.321 e. The van der Waals surface area contributed by atoms with Gasteiger partial charge in [0.15, 0.2) is 6.61 Å². The van der Waals surface area contributed by atoms with Crippen molar-refractivity contribution in [2.45, 2.75) is 20.3 Å². The number of rotatable bonds is 10. The molecular weight excluding hydrogens is 389 g/mol. The van der Waals surface area contributed by atoms with Gasteiger partial charge in [-0.3, -0.25) is 19.7 Å². The number of benzene rings is 1. The summed E-state index contributed by atoms with van der Waals surface area (Å²) in [5, 5.41) is 7.12. The van der Waals surface area contributed by atoms with Crippen LogP contribution in [0.5, 0.6) is 0 Å². The summed E-state index contributed by atoms with van der Waals surface area (Å²) in [5.41, 5.74) is 0.443. The van der Waals surface area contributed by atoms with E-state index in [0.29, 0.717) is 18.2 Å². The molecule has 0 aliphatic carbocycles. The summed E-state index contributed by atoms with van der Waals surface area (Å²) in [4.78, 5) is 46.2. The van der Waals surface area contributed by atoms with Crippen molar-refractivity contribution in [1.82, 2.24) is 10.6 Å². The molecule has 0 saturated carbocycles. The van der Waals surface area contributed by atoms with Crippen molar-refractivity contribution >= 4 is 41.3 Å². The van der Waals surface area contributed by atoms with E-state index >= 15 is 0 Å². The first-order valence-electron chi connectivity index (χ1n) is 8.62. The number of amides is 4. The SMILES string of the molecule is CC(C)CCNC(=O)NC(=O)COC(=O)CSCC(=O)Nc1ccc(F)cc1. The number of nitrogens with one attached hydrogen (secondary N) is 3. The van der Waals surface area contributed by atoms with Crippen molar-refractivity contribution < 1.29 is 28.3 Å². The highest BCUT2D eigenvalue weighted by atomic mass is 32.2. The minimum Gasteiger partial charge on any atom is -0.455 e. The molecule has 154 valence electrons. The van der Waals surface area contributed by atoms with E-state index in [1.165, 1.54) is 24.3 Å². The van der Waals surface area contributed by atoms with Gasteiger partial charge in [-0.2, -0.15) is 0 Å². The van der Waals surface area contributed by atoms with Gasteiger partial charge in [-0.1, -0.05) is 13.8 Å². The Morgan fingerprint density at radius 3 is 2.39 bits per heavy atom. The maximum atomic E-state index is 12.8. The number of imide groups is 1. The van der Waals surface area contributed by atoms with Gasteiger partial charge in [0.25, 0.3) is 5.91 Å². The van der Waals surface area contributed by atoms with Gasteiger partial charge >= 0.3 is 12.0 Å². The van der Waals surface area contributed by atoms with Crippen LogP contribution in [0, 0.1) is 11.7 Å². The molecule has 0 saturated heterocycles. The molecule has 1 aromatic carbocycles. The Labute approximate surface area is 167 Å². The van der Waals surface area contributed by atoms with E-state index < -0.39 is 30.3 Å². The van der Waals surface area contributed by atoms with Crippen molar-refractivity contribution in [3.05, 3.63) is 30.1 Å². The molecule has 0 radical (unpaired) electrons. The Hall–Kier alpha value is -2.62. The number of hydrogen-bond acceptors (Lipinski definition) is 6. The average molecular weight is 413 g/mol. The molecule has 1 aromatic rings. The number of carbonyl (C=O) groups is 4. The zero-order valence-electron chi connectivity index (χ0n) is 15.7. The number of thioether (sulfide) groups is 1. The molecule has 4 amide bonds. The molecule has 0 aliphatic rings. The lowest BCUT2D eigenvalue weighted by Crippen LogP contribution is -2.42. The van der Waals surface area contributed by atoms with Crippen LogP contribution in [0.15, 0.2) is 24.3 Å². The molecule has 3 N–H and O–H groups in total. The van der Waals surface area contributed by atoms with Crippen molar-refractivity contribution in [3.8, 4) is 0 Å². The zero-order valence-corrected chi connectivity index (χ0v) is 16.6. The van der Waals surface area contributed by atoms with Crippen LogP contribution in [-0.2, 0) is 19.1 Å². The Balaban J connectivity index is 2.13. The summed E-state index contributed by atoms with van der Waals surface area (Å²) in [6, 6.07) is 4.63. The van der Waals surface area contributed by atoms with E-state index in [0.717, 1.165) is 18.2 Å². The average Bonchev–Trinajstić information content (AvgIpc) is 2.61. The fourth-order valence-electron chi connectivity index (χ4n) is 1.83. The van der Waals surface area contributed by atoms with E-state index in [1.807, 2.05) is 13.8 Å². The third-order valence-electron chi connectivity index (χ3n) is 3.21. The van der Waals surface area contributed by atoms with Crippen LogP contribution in [0.1, 0.15) is 20.3 Å². The number of urea groups is 1. The summed E-state index contributed by atoms with van der Waals surface area (Å²) >= 11 is 1.000. The van der Waals surface area contributed by atoms with Gasteiger partial charge < -0.3 is 15.4 Å². The Kier molecular flexibility index (Phi) is 10.6. The van der Waals surface area contributed by atoms with Gasteiger partial charge in [-0.15, -0.1) is 11.8 Å². The molecule has 0 aromatic heterocycles. The molecule has 0 aliphatic heterocycles. The quantitative estimate of drug-likeness (QED) is 0.505. The van der Waals surface area contributed by atoms with Crippen molar-refractivity contribution in [1.29, 1.82) is 0 Å². The van der Waals surface area contributed by atoms with Crippen molar-refractivity contribution in [2.24, 2.45) is 5.92 Å². The Morgan fingerprint density at radius 1 is 1.07 bits per heavy atom. The van der Waals surface area contributed by atoms with E-state index in [2.05, 4.69) is 16.0 Å². The summed E-state index contributed by atoms with van der Waals surface area (Å²) in [6.45, 7) is 3.87. The van der Waals surface area contributed by atoms with Gasteiger partial charge in [-0.05, 0) is 36.6 Å². The van der Waals surface area contributed by atoms with Crippen molar-refractivity contribution in [2.75, 3.05) is 30.0 Å². The van der Waals surface area contributed by atoms with E-state index in [9.17, 15) is 23.6 Å². The topological polar surface area (TPSA) is 114 Å². The zero-order chi connectivity index (χ0) is 20.9. The summed E-state index contributed by atoms with van der Waals surface area (Å²) in [5.74, 6) is -1.93. The van der Waals surface area contributed by atoms with Crippen LogP contribution in [0.25, 0.3) is 0 Å². The maximum Gasteiger partial charge on any atom is 0.321 e. The third-order valence-corrected chi connectivity index (χ3v) is 4.11. The largest absolute Gasteiger partial charge is 0.455 e. The van der Waals surface area contributed by atoms with Crippen LogP contribution in [0.4, 0.5) is 14.9 Å². The second kappa shape index (κ2) is 12.7. The van der Waals surface area contributed by atoms with Gasteiger partial charge in [0.05, 0.1) is 11.5 Å². The normalized spacial score (nSPS) is 10.3. The fourth-order valence-corrected chi connectivity index (χ4v) is 2.44. The molecule has 0 heterocycles. The minimum absolute atomic E-state index is 0.0169. The lowest BCUT2D eigenvalue weighted by Gasteiger charge is -2.08. The maximum absolute atomic E-state index is 12.8. The molecule has 0 fully saturated rings. The molecule has 1 rings (SSSR count). The molecule has 0 unspecified atom stereocenters. The molecular formula is C18H24FN3O5S. The van der Waals surface area contributed by atoms with Gasteiger partial charge in [0.2, 0.25) is 5.91 Å². The highest BCUT2D eigenvalue weighted by Crippen LogP contribution is 2.09. The highest BCUT2D eigenvalue weighted by Gasteiger charge is 2.12. The van der Waals surface area contributed by atoms with Crippen LogP contribution in [0.2, 0.25) is 0 Å². The van der Waals surface area contributed by atoms with Crippen LogP contribution in [-0.4, -0.2) is 48.5 Å². The number of halogens is 1. The first-order valence-corrected chi connectivity index (χ1v) is 9.78. The monoisotopic (exact) mass is 413 g/mol.